The van der Waals surface area contributed by atoms with E-state index in [1.165, 1.54) is 5.56 Å². The monoisotopic (exact) mass is 306 g/mol. The van der Waals surface area contributed by atoms with Crippen molar-refractivity contribution in [2.24, 2.45) is 5.73 Å². The van der Waals surface area contributed by atoms with Crippen molar-refractivity contribution in [3.05, 3.63) is 29.8 Å². The van der Waals surface area contributed by atoms with Gasteiger partial charge in [0.25, 0.3) is 0 Å². The second-order valence-corrected chi connectivity index (χ2v) is 7.01. The third-order valence-electron chi connectivity index (χ3n) is 3.67. The highest BCUT2D eigenvalue weighted by molar-refractivity contribution is 5.75. The summed E-state index contributed by atoms with van der Waals surface area (Å²) in [6.07, 6.45) is 0.868. The Hall–Kier alpha value is -1.55. The minimum absolute atomic E-state index is 0.158. The van der Waals surface area contributed by atoms with Crippen molar-refractivity contribution in [1.82, 2.24) is 4.90 Å². The molecule has 1 rings (SSSR count). The van der Waals surface area contributed by atoms with E-state index < -0.39 is 0 Å². The molecule has 0 aliphatic heterocycles. The summed E-state index contributed by atoms with van der Waals surface area (Å²) in [5.74, 6) is 0.603. The largest absolute Gasteiger partial charge is 0.494 e. The summed E-state index contributed by atoms with van der Waals surface area (Å²) in [6.45, 7) is 12.5. The summed E-state index contributed by atoms with van der Waals surface area (Å²) >= 11 is 0. The molecule has 2 N–H and O–H groups in total. The Labute approximate surface area is 134 Å². The lowest BCUT2D eigenvalue weighted by Gasteiger charge is -2.24. The zero-order valence-electron chi connectivity index (χ0n) is 14.6. The van der Waals surface area contributed by atoms with Gasteiger partial charge in [-0.3, -0.25) is 9.69 Å². The fourth-order valence-corrected chi connectivity index (χ4v) is 2.23. The molecule has 0 saturated carbocycles. The third-order valence-corrected chi connectivity index (χ3v) is 3.67. The van der Waals surface area contributed by atoms with Crippen molar-refractivity contribution in [3.8, 4) is 5.75 Å². The van der Waals surface area contributed by atoms with Gasteiger partial charge in [0.05, 0.1) is 13.2 Å². The van der Waals surface area contributed by atoms with Gasteiger partial charge in [-0.2, -0.15) is 0 Å². The molecule has 0 bridgehead atoms. The molecular formula is C18H30N2O2. The Morgan fingerprint density at radius 1 is 1.23 bits per heavy atom. The topological polar surface area (TPSA) is 55.6 Å². The highest BCUT2D eigenvalue weighted by Crippen LogP contribution is 2.24. The van der Waals surface area contributed by atoms with Crippen molar-refractivity contribution < 1.29 is 9.53 Å². The first-order chi connectivity index (χ1) is 10.2. The van der Waals surface area contributed by atoms with Crippen LogP contribution in [0.2, 0.25) is 0 Å². The van der Waals surface area contributed by atoms with Crippen LogP contribution in [0.3, 0.4) is 0 Å². The van der Waals surface area contributed by atoms with Gasteiger partial charge >= 0.3 is 0 Å². The first kappa shape index (κ1) is 18.5. The van der Waals surface area contributed by atoms with Crippen molar-refractivity contribution >= 4 is 5.91 Å². The molecule has 0 aromatic heterocycles. The Bertz CT molecular complexity index is 461. The van der Waals surface area contributed by atoms with Crippen LogP contribution in [0.4, 0.5) is 0 Å². The lowest BCUT2D eigenvalue weighted by Crippen LogP contribution is -2.39. The molecule has 0 aliphatic rings. The number of hydrogen-bond acceptors (Lipinski definition) is 3. The maximum absolute atomic E-state index is 11.0. The van der Waals surface area contributed by atoms with Crippen molar-refractivity contribution in [2.45, 2.75) is 52.5 Å². The Morgan fingerprint density at radius 3 is 2.27 bits per heavy atom. The molecule has 1 amide bonds. The molecule has 1 aromatic rings. The van der Waals surface area contributed by atoms with Gasteiger partial charge in [0.2, 0.25) is 5.91 Å². The van der Waals surface area contributed by atoms with Crippen LogP contribution in [0.1, 0.15) is 46.6 Å². The second kappa shape index (κ2) is 8.18. The molecule has 0 radical (unpaired) electrons. The summed E-state index contributed by atoms with van der Waals surface area (Å²) in [6, 6.07) is 8.57. The third kappa shape index (κ3) is 6.48. The lowest BCUT2D eigenvalue weighted by atomic mass is 9.87. The van der Waals surface area contributed by atoms with Crippen LogP contribution in [0.15, 0.2) is 24.3 Å². The second-order valence-electron chi connectivity index (χ2n) is 7.01. The van der Waals surface area contributed by atoms with Crippen molar-refractivity contribution in [2.75, 3.05) is 19.7 Å². The van der Waals surface area contributed by atoms with E-state index in [1.54, 1.807) is 0 Å². The van der Waals surface area contributed by atoms with Crippen LogP contribution < -0.4 is 10.5 Å². The quantitative estimate of drug-likeness (QED) is 0.751. The molecule has 0 fully saturated rings. The number of nitrogens with two attached hydrogens (primary N) is 1. The molecule has 0 saturated heterocycles. The van der Waals surface area contributed by atoms with Gasteiger partial charge in [0.1, 0.15) is 5.75 Å². The number of carbonyl (C=O) groups excluding carboxylic acids is 1. The number of ether oxygens (including phenoxy) is 1. The SMILES string of the molecule is CC(C)N(CCCOc1ccc(C(C)(C)C)cc1)CC(N)=O. The molecule has 4 heteroatoms. The Kier molecular flexibility index (Phi) is 6.88. The number of primary amides is 1. The Morgan fingerprint density at radius 2 is 1.82 bits per heavy atom. The average Bonchev–Trinajstić information content (AvgIpc) is 2.41. The van der Waals surface area contributed by atoms with Crippen LogP contribution >= 0.6 is 0 Å². The molecule has 0 heterocycles. The van der Waals surface area contributed by atoms with E-state index in [0.29, 0.717) is 19.2 Å². The van der Waals surface area contributed by atoms with Crippen molar-refractivity contribution in [3.63, 3.8) is 0 Å². The van der Waals surface area contributed by atoms with Gasteiger partial charge in [-0.15, -0.1) is 0 Å². The van der Waals surface area contributed by atoms with Crippen LogP contribution in [0.5, 0.6) is 5.75 Å². The summed E-state index contributed by atoms with van der Waals surface area (Å²) in [4.78, 5) is 13.1. The minimum atomic E-state index is -0.285. The van der Waals surface area contributed by atoms with E-state index in [4.69, 9.17) is 10.5 Å². The molecule has 0 atom stereocenters. The molecule has 4 nitrogen and oxygen atoms in total. The first-order valence-electron chi connectivity index (χ1n) is 7.96. The number of nitrogens with zero attached hydrogens (tertiary/aromatic N) is 1. The maximum Gasteiger partial charge on any atom is 0.231 e. The Balaban J connectivity index is 2.39. The van der Waals surface area contributed by atoms with Crippen LogP contribution in [-0.4, -0.2) is 36.5 Å². The van der Waals surface area contributed by atoms with E-state index in [9.17, 15) is 4.79 Å². The fraction of sp³-hybridized carbons (Fsp3) is 0.611. The van der Waals surface area contributed by atoms with Gasteiger partial charge in [0, 0.05) is 12.6 Å². The first-order valence-corrected chi connectivity index (χ1v) is 7.96. The van der Waals surface area contributed by atoms with E-state index in [2.05, 4.69) is 51.7 Å². The summed E-state index contributed by atoms with van der Waals surface area (Å²) in [7, 11) is 0. The molecule has 1 aromatic carbocycles. The zero-order chi connectivity index (χ0) is 16.8. The predicted molar refractivity (Wildman–Crippen MR) is 91.2 cm³/mol. The number of rotatable bonds is 8. The molecule has 0 spiro atoms. The average molecular weight is 306 g/mol. The highest BCUT2D eigenvalue weighted by Gasteiger charge is 2.13. The van der Waals surface area contributed by atoms with Gasteiger partial charge in [-0.1, -0.05) is 32.9 Å². The number of benzene rings is 1. The molecule has 0 aliphatic carbocycles. The van der Waals surface area contributed by atoms with Gasteiger partial charge in [0.15, 0.2) is 0 Å². The van der Waals surface area contributed by atoms with E-state index in [0.717, 1.165) is 18.7 Å². The fourth-order valence-electron chi connectivity index (χ4n) is 2.23. The maximum atomic E-state index is 11.0. The van der Waals surface area contributed by atoms with E-state index in [1.807, 2.05) is 12.1 Å². The molecule has 124 valence electrons. The molecule has 22 heavy (non-hydrogen) atoms. The smallest absolute Gasteiger partial charge is 0.231 e. The predicted octanol–water partition coefficient (Wildman–Crippen LogP) is 2.95. The van der Waals surface area contributed by atoms with Crippen molar-refractivity contribution in [1.29, 1.82) is 0 Å². The van der Waals surface area contributed by atoms with Crippen LogP contribution in [0, 0.1) is 0 Å². The summed E-state index contributed by atoms with van der Waals surface area (Å²) in [5.41, 5.74) is 6.72. The lowest BCUT2D eigenvalue weighted by molar-refractivity contribution is -0.119. The number of amides is 1. The normalized spacial score (nSPS) is 12.0. The number of hydrogen-bond donors (Lipinski definition) is 1. The molecule has 0 unspecified atom stereocenters. The van der Waals surface area contributed by atoms with Gasteiger partial charge in [-0.25, -0.2) is 0 Å². The standard InChI is InChI=1S/C18H30N2O2/c1-14(2)20(13-17(19)21)11-6-12-22-16-9-7-15(8-10-16)18(3,4)5/h7-10,14H,6,11-13H2,1-5H3,(H2,19,21). The minimum Gasteiger partial charge on any atom is -0.494 e. The van der Waals surface area contributed by atoms with E-state index >= 15 is 0 Å². The molecular weight excluding hydrogens is 276 g/mol. The number of carbonyl (C=O) groups is 1. The summed E-state index contributed by atoms with van der Waals surface area (Å²) in [5, 5.41) is 0. The zero-order valence-corrected chi connectivity index (χ0v) is 14.6. The summed E-state index contributed by atoms with van der Waals surface area (Å²) < 4.78 is 5.77. The highest BCUT2D eigenvalue weighted by atomic mass is 16.5. The van der Waals surface area contributed by atoms with Gasteiger partial charge < -0.3 is 10.5 Å². The van der Waals surface area contributed by atoms with Crippen LogP contribution in [-0.2, 0) is 10.2 Å². The van der Waals surface area contributed by atoms with Gasteiger partial charge in [-0.05, 0) is 43.4 Å². The van der Waals surface area contributed by atoms with Crippen LogP contribution in [0.25, 0.3) is 0 Å². The van der Waals surface area contributed by atoms with E-state index in [-0.39, 0.29) is 11.3 Å².